The van der Waals surface area contributed by atoms with E-state index in [9.17, 15) is 4.79 Å². The van der Waals surface area contributed by atoms with Crippen molar-refractivity contribution in [1.29, 1.82) is 0 Å². The summed E-state index contributed by atoms with van der Waals surface area (Å²) < 4.78 is 5.36. The van der Waals surface area contributed by atoms with Gasteiger partial charge in [0.1, 0.15) is 12.4 Å². The summed E-state index contributed by atoms with van der Waals surface area (Å²) >= 11 is 0. The van der Waals surface area contributed by atoms with Crippen molar-refractivity contribution in [1.82, 2.24) is 15.3 Å². The fourth-order valence-electron chi connectivity index (χ4n) is 1.25. The molecule has 0 aliphatic heterocycles. The third-order valence-electron chi connectivity index (χ3n) is 2.10. The van der Waals surface area contributed by atoms with E-state index in [0.29, 0.717) is 6.54 Å². The van der Waals surface area contributed by atoms with Gasteiger partial charge >= 0.3 is 0 Å². The van der Waals surface area contributed by atoms with Gasteiger partial charge < -0.3 is 15.0 Å². The maximum absolute atomic E-state index is 11.4. The van der Waals surface area contributed by atoms with E-state index in [2.05, 4.69) is 15.3 Å². The summed E-state index contributed by atoms with van der Waals surface area (Å²) in [6.45, 7) is 6.54. The molecule has 0 radical (unpaired) electrons. The lowest BCUT2D eigenvalue weighted by molar-refractivity contribution is -0.130. The quantitative estimate of drug-likeness (QED) is 0.735. The number of amides is 1. The number of aromatic amines is 1. The van der Waals surface area contributed by atoms with Gasteiger partial charge in [0.05, 0.1) is 5.60 Å². The maximum Gasteiger partial charge on any atom is 0.246 e. The van der Waals surface area contributed by atoms with Crippen LogP contribution < -0.4 is 5.32 Å². The SMILES string of the molecule is CC(C)(C)OCC(=O)NCCCc1ncc[nH]1. The molecule has 0 atom stereocenters. The zero-order valence-corrected chi connectivity index (χ0v) is 10.7. The lowest BCUT2D eigenvalue weighted by Gasteiger charge is -2.18. The summed E-state index contributed by atoms with van der Waals surface area (Å²) in [5.74, 6) is 0.879. The number of carbonyl (C=O) groups is 1. The topological polar surface area (TPSA) is 67.0 Å². The van der Waals surface area contributed by atoms with Crippen molar-refractivity contribution in [2.45, 2.75) is 39.2 Å². The van der Waals surface area contributed by atoms with E-state index < -0.39 is 0 Å². The number of rotatable bonds is 6. The van der Waals surface area contributed by atoms with Crippen molar-refractivity contribution >= 4 is 5.91 Å². The van der Waals surface area contributed by atoms with Crippen molar-refractivity contribution in [2.75, 3.05) is 13.2 Å². The molecule has 1 aromatic heterocycles. The molecule has 0 aliphatic carbocycles. The van der Waals surface area contributed by atoms with Crippen LogP contribution in [0.2, 0.25) is 0 Å². The van der Waals surface area contributed by atoms with Gasteiger partial charge in [-0.25, -0.2) is 4.98 Å². The minimum Gasteiger partial charge on any atom is -0.366 e. The van der Waals surface area contributed by atoms with E-state index in [0.717, 1.165) is 18.7 Å². The maximum atomic E-state index is 11.4. The Labute approximate surface area is 102 Å². The molecule has 0 saturated heterocycles. The third kappa shape index (κ3) is 6.73. The van der Waals surface area contributed by atoms with Gasteiger partial charge in [-0.05, 0) is 27.2 Å². The molecular formula is C12H21N3O2. The lowest BCUT2D eigenvalue weighted by Crippen LogP contribution is -2.32. The van der Waals surface area contributed by atoms with Crippen LogP contribution in [0.15, 0.2) is 12.4 Å². The van der Waals surface area contributed by atoms with E-state index in [-0.39, 0.29) is 18.1 Å². The van der Waals surface area contributed by atoms with Gasteiger partial charge in [0.2, 0.25) is 5.91 Å². The van der Waals surface area contributed by atoms with Crippen molar-refractivity contribution < 1.29 is 9.53 Å². The van der Waals surface area contributed by atoms with Crippen LogP contribution in [0, 0.1) is 0 Å². The molecule has 0 bridgehead atoms. The number of H-pyrrole nitrogens is 1. The highest BCUT2D eigenvalue weighted by Crippen LogP contribution is 2.05. The Kier molecular flexibility index (Phi) is 5.15. The molecule has 0 aliphatic rings. The Morgan fingerprint density at radius 2 is 2.29 bits per heavy atom. The number of aryl methyl sites for hydroxylation is 1. The molecule has 1 amide bonds. The van der Waals surface area contributed by atoms with Crippen molar-refractivity contribution in [3.8, 4) is 0 Å². The second-order valence-corrected chi connectivity index (χ2v) is 4.89. The monoisotopic (exact) mass is 239 g/mol. The summed E-state index contributed by atoms with van der Waals surface area (Å²) in [5, 5.41) is 2.81. The number of ether oxygens (including phenoxy) is 1. The van der Waals surface area contributed by atoms with Gasteiger partial charge in [-0.3, -0.25) is 4.79 Å². The fraction of sp³-hybridized carbons (Fsp3) is 0.667. The number of imidazole rings is 1. The van der Waals surface area contributed by atoms with Crippen LogP contribution in [0.4, 0.5) is 0 Å². The molecule has 0 unspecified atom stereocenters. The van der Waals surface area contributed by atoms with Crippen LogP contribution in [-0.2, 0) is 16.0 Å². The number of hydrogen-bond donors (Lipinski definition) is 2. The summed E-state index contributed by atoms with van der Waals surface area (Å²) in [6.07, 6.45) is 5.23. The first-order chi connectivity index (χ1) is 7.97. The summed E-state index contributed by atoms with van der Waals surface area (Å²) in [7, 11) is 0. The van der Waals surface area contributed by atoms with Gasteiger partial charge in [0.15, 0.2) is 0 Å². The van der Waals surface area contributed by atoms with E-state index >= 15 is 0 Å². The lowest BCUT2D eigenvalue weighted by atomic mass is 10.2. The molecule has 2 N–H and O–H groups in total. The number of nitrogens with zero attached hydrogens (tertiary/aromatic N) is 1. The number of aromatic nitrogens is 2. The smallest absolute Gasteiger partial charge is 0.246 e. The zero-order valence-electron chi connectivity index (χ0n) is 10.7. The Bertz CT molecular complexity index is 328. The highest BCUT2D eigenvalue weighted by Gasteiger charge is 2.12. The molecule has 17 heavy (non-hydrogen) atoms. The molecule has 1 aromatic rings. The van der Waals surface area contributed by atoms with E-state index in [1.54, 1.807) is 12.4 Å². The molecule has 1 heterocycles. The average Bonchev–Trinajstić information content (AvgIpc) is 2.73. The highest BCUT2D eigenvalue weighted by atomic mass is 16.5. The average molecular weight is 239 g/mol. The predicted molar refractivity (Wildman–Crippen MR) is 65.6 cm³/mol. The van der Waals surface area contributed by atoms with E-state index in [4.69, 9.17) is 4.74 Å². The second kappa shape index (κ2) is 6.39. The Balaban J connectivity index is 2.04. The third-order valence-corrected chi connectivity index (χ3v) is 2.10. The van der Waals surface area contributed by atoms with Crippen LogP contribution in [0.5, 0.6) is 0 Å². The van der Waals surface area contributed by atoms with Crippen LogP contribution in [0.1, 0.15) is 33.0 Å². The molecule has 0 spiro atoms. The summed E-state index contributed by atoms with van der Waals surface area (Å²) in [6, 6.07) is 0. The number of carbonyl (C=O) groups excluding carboxylic acids is 1. The van der Waals surface area contributed by atoms with Gasteiger partial charge in [-0.15, -0.1) is 0 Å². The van der Waals surface area contributed by atoms with Gasteiger partial charge in [-0.2, -0.15) is 0 Å². The molecule has 5 nitrogen and oxygen atoms in total. The van der Waals surface area contributed by atoms with Crippen LogP contribution in [0.25, 0.3) is 0 Å². The first kappa shape index (κ1) is 13.7. The van der Waals surface area contributed by atoms with Gasteiger partial charge in [0, 0.05) is 25.4 Å². The predicted octanol–water partition coefficient (Wildman–Crippen LogP) is 1.27. The van der Waals surface area contributed by atoms with Gasteiger partial charge in [-0.1, -0.05) is 0 Å². The number of nitrogens with one attached hydrogen (secondary N) is 2. The Morgan fingerprint density at radius 1 is 1.53 bits per heavy atom. The first-order valence-corrected chi connectivity index (χ1v) is 5.86. The molecular weight excluding hydrogens is 218 g/mol. The van der Waals surface area contributed by atoms with E-state index in [1.807, 2.05) is 20.8 Å². The highest BCUT2D eigenvalue weighted by molar-refractivity contribution is 5.77. The van der Waals surface area contributed by atoms with Crippen LogP contribution in [-0.4, -0.2) is 34.6 Å². The molecule has 0 aromatic carbocycles. The second-order valence-electron chi connectivity index (χ2n) is 4.89. The minimum absolute atomic E-state index is 0.0700. The largest absolute Gasteiger partial charge is 0.366 e. The Hall–Kier alpha value is -1.36. The Morgan fingerprint density at radius 3 is 2.88 bits per heavy atom. The molecule has 0 saturated carbocycles. The zero-order chi connectivity index (χ0) is 12.7. The summed E-state index contributed by atoms with van der Waals surface area (Å²) in [4.78, 5) is 18.5. The number of hydrogen-bond acceptors (Lipinski definition) is 3. The minimum atomic E-state index is -0.272. The van der Waals surface area contributed by atoms with Crippen molar-refractivity contribution in [2.24, 2.45) is 0 Å². The molecule has 5 heteroatoms. The first-order valence-electron chi connectivity index (χ1n) is 5.86. The molecule has 96 valence electrons. The van der Waals surface area contributed by atoms with Crippen molar-refractivity contribution in [3.63, 3.8) is 0 Å². The van der Waals surface area contributed by atoms with E-state index in [1.165, 1.54) is 0 Å². The molecule has 0 fully saturated rings. The normalized spacial score (nSPS) is 11.5. The summed E-state index contributed by atoms with van der Waals surface area (Å²) in [5.41, 5.74) is -0.272. The standard InChI is InChI=1S/C12H21N3O2/c1-12(2,3)17-9-11(16)15-6-4-5-10-13-7-8-14-10/h7-8H,4-6,9H2,1-3H3,(H,13,14)(H,15,16). The van der Waals surface area contributed by atoms with Crippen LogP contribution >= 0.6 is 0 Å². The van der Waals surface area contributed by atoms with Gasteiger partial charge in [0.25, 0.3) is 0 Å². The fourth-order valence-corrected chi connectivity index (χ4v) is 1.25. The van der Waals surface area contributed by atoms with Crippen molar-refractivity contribution in [3.05, 3.63) is 18.2 Å². The molecule has 1 rings (SSSR count). The van der Waals surface area contributed by atoms with Crippen LogP contribution in [0.3, 0.4) is 0 Å².